The lowest BCUT2D eigenvalue weighted by molar-refractivity contribution is -0.123. The van der Waals surface area contributed by atoms with Gasteiger partial charge < -0.3 is 15.5 Å². The Hall–Kier alpha value is -1.65. The summed E-state index contributed by atoms with van der Waals surface area (Å²) in [5.41, 5.74) is 0. The van der Waals surface area contributed by atoms with Crippen molar-refractivity contribution < 1.29 is 15.0 Å². The Bertz CT molecular complexity index is 847. The Kier molecular flexibility index (Phi) is 43.4. The second-order valence-electron chi connectivity index (χ2n) is 15.8. The molecule has 0 aromatic carbocycles. The Balaban J connectivity index is 3.56. The molecule has 0 bridgehead atoms. The van der Waals surface area contributed by atoms with E-state index in [0.717, 1.165) is 38.5 Å². The first-order chi connectivity index (χ1) is 26.2. The molecule has 2 atom stereocenters. The molecule has 0 radical (unpaired) electrons. The van der Waals surface area contributed by atoms with Crippen molar-refractivity contribution in [3.63, 3.8) is 0 Å². The fourth-order valence-electron chi connectivity index (χ4n) is 6.93. The predicted octanol–water partition coefficient (Wildman–Crippen LogP) is 14.7. The van der Waals surface area contributed by atoms with Crippen molar-refractivity contribution in [1.29, 1.82) is 0 Å². The number of allylic oxidation sites excluding steroid dienone is 7. The average molecular weight is 742 g/mol. The van der Waals surface area contributed by atoms with E-state index in [9.17, 15) is 15.0 Å². The molecule has 4 heteroatoms. The summed E-state index contributed by atoms with van der Waals surface area (Å²) >= 11 is 0. The van der Waals surface area contributed by atoms with Crippen LogP contribution in [0.3, 0.4) is 0 Å². The third kappa shape index (κ3) is 41.4. The number of aliphatic hydroxyl groups is 2. The quantitative estimate of drug-likeness (QED) is 0.0431. The zero-order valence-corrected chi connectivity index (χ0v) is 35.5. The molecule has 0 spiro atoms. The number of unbranched alkanes of at least 4 members (excludes halogenated alkanes) is 29. The SMILES string of the molecule is CCCCCCCCCC/C=C/CC/C=C/C(O)C(CO)NC(=O)CCCCCCCCCCCCC/C=C\C/C=C\CCCCCCCCCCC. The van der Waals surface area contributed by atoms with Gasteiger partial charge in [0.05, 0.1) is 18.8 Å². The van der Waals surface area contributed by atoms with Gasteiger partial charge in [0.25, 0.3) is 0 Å². The van der Waals surface area contributed by atoms with Crippen LogP contribution in [-0.4, -0.2) is 34.9 Å². The standard InChI is InChI=1S/C49H91NO3/c1-3-5-7-9-11-13-15-17-19-20-21-22-23-24-25-26-27-28-29-30-31-33-35-37-39-41-43-45-49(53)50-47(46-51)48(52)44-42-40-38-36-34-32-18-16-14-12-10-8-6-4-2/h21-22,24-25,34,36,42,44,47-48,51-52H,3-20,23,26-33,35,37-41,43,45-46H2,1-2H3,(H,50,53)/b22-21-,25-24-,36-34+,44-42+. The maximum Gasteiger partial charge on any atom is 0.220 e. The molecule has 0 saturated heterocycles. The molecule has 1 amide bonds. The highest BCUT2D eigenvalue weighted by molar-refractivity contribution is 5.76. The van der Waals surface area contributed by atoms with Gasteiger partial charge >= 0.3 is 0 Å². The van der Waals surface area contributed by atoms with Crippen LogP contribution in [0, 0.1) is 0 Å². The summed E-state index contributed by atoms with van der Waals surface area (Å²) in [5, 5.41) is 23.0. The van der Waals surface area contributed by atoms with Gasteiger partial charge in [0.1, 0.15) is 0 Å². The molecule has 0 aliphatic carbocycles. The number of rotatable bonds is 42. The van der Waals surface area contributed by atoms with Gasteiger partial charge in [-0.15, -0.1) is 0 Å². The molecule has 0 saturated carbocycles. The van der Waals surface area contributed by atoms with Crippen molar-refractivity contribution in [1.82, 2.24) is 5.32 Å². The fourth-order valence-corrected chi connectivity index (χ4v) is 6.93. The Morgan fingerprint density at radius 3 is 1.21 bits per heavy atom. The highest BCUT2D eigenvalue weighted by atomic mass is 16.3. The largest absolute Gasteiger partial charge is 0.394 e. The van der Waals surface area contributed by atoms with Crippen LogP contribution in [-0.2, 0) is 4.79 Å². The van der Waals surface area contributed by atoms with Crippen LogP contribution in [0.2, 0.25) is 0 Å². The second-order valence-corrected chi connectivity index (χ2v) is 15.8. The maximum atomic E-state index is 12.4. The highest BCUT2D eigenvalue weighted by Crippen LogP contribution is 2.14. The molecule has 0 heterocycles. The van der Waals surface area contributed by atoms with Crippen molar-refractivity contribution in [2.45, 2.75) is 251 Å². The molecule has 0 aromatic heterocycles. The van der Waals surface area contributed by atoms with Gasteiger partial charge in [-0.05, 0) is 64.2 Å². The van der Waals surface area contributed by atoms with Crippen LogP contribution in [0.15, 0.2) is 48.6 Å². The van der Waals surface area contributed by atoms with Gasteiger partial charge in [-0.1, -0.05) is 217 Å². The molecule has 0 aliphatic heterocycles. The predicted molar refractivity (Wildman–Crippen MR) is 235 cm³/mol. The smallest absolute Gasteiger partial charge is 0.220 e. The molecular weight excluding hydrogens is 651 g/mol. The van der Waals surface area contributed by atoms with E-state index < -0.39 is 12.1 Å². The van der Waals surface area contributed by atoms with E-state index >= 15 is 0 Å². The van der Waals surface area contributed by atoms with Crippen molar-refractivity contribution in [3.8, 4) is 0 Å². The summed E-state index contributed by atoms with van der Waals surface area (Å²) in [7, 11) is 0. The summed E-state index contributed by atoms with van der Waals surface area (Å²) in [4.78, 5) is 12.4. The zero-order chi connectivity index (χ0) is 38.6. The van der Waals surface area contributed by atoms with Gasteiger partial charge in [0.15, 0.2) is 0 Å². The molecule has 0 fully saturated rings. The molecular formula is C49H91NO3. The van der Waals surface area contributed by atoms with Gasteiger partial charge in [0, 0.05) is 6.42 Å². The average Bonchev–Trinajstić information content (AvgIpc) is 3.16. The summed E-state index contributed by atoms with van der Waals surface area (Å²) < 4.78 is 0. The van der Waals surface area contributed by atoms with E-state index in [1.807, 2.05) is 6.08 Å². The van der Waals surface area contributed by atoms with E-state index in [1.165, 1.54) is 180 Å². The molecule has 0 rings (SSSR count). The van der Waals surface area contributed by atoms with Crippen LogP contribution in [0.5, 0.6) is 0 Å². The minimum absolute atomic E-state index is 0.0766. The van der Waals surface area contributed by atoms with Crippen LogP contribution < -0.4 is 5.32 Å². The lowest BCUT2D eigenvalue weighted by atomic mass is 10.0. The topological polar surface area (TPSA) is 69.6 Å². The number of hydrogen-bond donors (Lipinski definition) is 3. The number of hydrogen-bond acceptors (Lipinski definition) is 3. The van der Waals surface area contributed by atoms with Gasteiger partial charge in [0.2, 0.25) is 5.91 Å². The van der Waals surface area contributed by atoms with Crippen LogP contribution in [0.25, 0.3) is 0 Å². The first kappa shape index (κ1) is 51.4. The summed E-state index contributed by atoms with van der Waals surface area (Å²) in [5.74, 6) is -0.0766. The van der Waals surface area contributed by atoms with Gasteiger partial charge in [-0.25, -0.2) is 0 Å². The highest BCUT2D eigenvalue weighted by Gasteiger charge is 2.17. The van der Waals surface area contributed by atoms with Crippen molar-refractivity contribution in [2.75, 3.05) is 6.61 Å². The number of nitrogens with one attached hydrogen (secondary N) is 1. The first-order valence-corrected chi connectivity index (χ1v) is 23.4. The number of carbonyl (C=O) groups excluding carboxylic acids is 1. The van der Waals surface area contributed by atoms with Crippen LogP contribution >= 0.6 is 0 Å². The summed E-state index contributed by atoms with van der Waals surface area (Å²) in [6.07, 6.45) is 60.9. The van der Waals surface area contributed by atoms with Crippen LogP contribution in [0.1, 0.15) is 239 Å². The Morgan fingerprint density at radius 1 is 0.453 bits per heavy atom. The molecule has 310 valence electrons. The van der Waals surface area contributed by atoms with E-state index in [-0.39, 0.29) is 12.5 Å². The molecule has 4 nitrogen and oxygen atoms in total. The third-order valence-electron chi connectivity index (χ3n) is 10.5. The van der Waals surface area contributed by atoms with E-state index in [0.29, 0.717) is 6.42 Å². The lowest BCUT2D eigenvalue weighted by Gasteiger charge is -2.19. The number of aliphatic hydroxyl groups excluding tert-OH is 2. The molecule has 0 aliphatic rings. The minimum atomic E-state index is -0.862. The molecule has 3 N–H and O–H groups in total. The summed E-state index contributed by atoms with van der Waals surface area (Å²) in [6, 6.07) is -0.640. The number of amides is 1. The fraction of sp³-hybridized carbons (Fsp3) is 0.816. The van der Waals surface area contributed by atoms with Crippen molar-refractivity contribution in [3.05, 3.63) is 48.6 Å². The van der Waals surface area contributed by atoms with Gasteiger partial charge in [-0.3, -0.25) is 4.79 Å². The van der Waals surface area contributed by atoms with Crippen molar-refractivity contribution >= 4 is 5.91 Å². The molecule has 2 unspecified atom stereocenters. The minimum Gasteiger partial charge on any atom is -0.394 e. The first-order valence-electron chi connectivity index (χ1n) is 23.4. The molecule has 53 heavy (non-hydrogen) atoms. The van der Waals surface area contributed by atoms with Gasteiger partial charge in [-0.2, -0.15) is 0 Å². The van der Waals surface area contributed by atoms with E-state index in [4.69, 9.17) is 0 Å². The normalized spacial score (nSPS) is 13.4. The van der Waals surface area contributed by atoms with Crippen molar-refractivity contribution in [2.24, 2.45) is 0 Å². The summed E-state index contributed by atoms with van der Waals surface area (Å²) in [6.45, 7) is 4.29. The van der Waals surface area contributed by atoms with E-state index in [2.05, 4.69) is 55.6 Å². The lowest BCUT2D eigenvalue weighted by Crippen LogP contribution is -2.45. The van der Waals surface area contributed by atoms with E-state index in [1.54, 1.807) is 6.08 Å². The number of carbonyl (C=O) groups is 1. The maximum absolute atomic E-state index is 12.4. The zero-order valence-electron chi connectivity index (χ0n) is 35.5. The van der Waals surface area contributed by atoms with Crippen LogP contribution in [0.4, 0.5) is 0 Å². The second kappa shape index (κ2) is 44.7. The monoisotopic (exact) mass is 742 g/mol. The molecule has 0 aromatic rings. The third-order valence-corrected chi connectivity index (χ3v) is 10.5. The Morgan fingerprint density at radius 2 is 0.792 bits per heavy atom. The Labute approximate surface area is 331 Å².